The molecule has 0 N–H and O–H groups in total. The van der Waals surface area contributed by atoms with Crippen LogP contribution in [-0.4, -0.2) is 12.6 Å². The minimum Gasteiger partial charge on any atom is -0.466 e. The predicted molar refractivity (Wildman–Crippen MR) is 208 cm³/mol. The molecule has 49 heavy (non-hydrogen) atoms. The molecule has 3 aliphatic heterocycles. The van der Waals surface area contributed by atoms with Crippen LogP contribution in [0.25, 0.3) is 5.57 Å². The SMILES string of the molecule is C=C1CC/C=C\OC(=C)/C=C\C(=C)Oc2c(cc(N3/C=C\C=C/C(=C)c4ccccc43)cc2N2C/C=C\C=C/CC3(C)C=CC=CC23)CC1. The first-order valence-corrected chi connectivity index (χ1v) is 17.1. The second kappa shape index (κ2) is 15.2. The molecule has 3 heterocycles. The van der Waals surface area contributed by atoms with E-state index in [1.165, 1.54) is 5.57 Å². The van der Waals surface area contributed by atoms with Crippen molar-refractivity contribution in [1.29, 1.82) is 0 Å². The molecule has 4 heteroatoms. The summed E-state index contributed by atoms with van der Waals surface area (Å²) >= 11 is 0. The highest BCUT2D eigenvalue weighted by Crippen LogP contribution is 2.46. The number of ether oxygens (including phenoxy) is 2. The number of para-hydroxylation sites is 1. The predicted octanol–water partition coefficient (Wildman–Crippen LogP) is 11.5. The van der Waals surface area contributed by atoms with Crippen LogP contribution in [0.2, 0.25) is 0 Å². The molecule has 4 aliphatic rings. The van der Waals surface area contributed by atoms with Gasteiger partial charge in [-0.1, -0.05) is 118 Å². The lowest BCUT2D eigenvalue weighted by molar-refractivity contribution is 0.362. The Morgan fingerprint density at radius 3 is 2.53 bits per heavy atom. The van der Waals surface area contributed by atoms with Crippen LogP contribution in [0.5, 0.6) is 5.75 Å². The first-order valence-electron chi connectivity index (χ1n) is 17.1. The van der Waals surface area contributed by atoms with Crippen molar-refractivity contribution in [1.82, 2.24) is 0 Å². The molecule has 4 nitrogen and oxygen atoms in total. The zero-order valence-corrected chi connectivity index (χ0v) is 28.6. The largest absolute Gasteiger partial charge is 0.466 e. The minimum atomic E-state index is -0.136. The van der Waals surface area contributed by atoms with Crippen LogP contribution in [-0.2, 0) is 11.2 Å². The lowest BCUT2D eigenvalue weighted by atomic mass is 9.75. The molecule has 0 amide bonds. The van der Waals surface area contributed by atoms with Crippen molar-refractivity contribution >= 4 is 22.6 Å². The molecular formula is C45H46N2O2. The van der Waals surface area contributed by atoms with Gasteiger partial charge in [0, 0.05) is 29.4 Å². The number of aryl methyl sites for hydroxylation is 1. The van der Waals surface area contributed by atoms with Gasteiger partial charge in [0.2, 0.25) is 0 Å². The van der Waals surface area contributed by atoms with E-state index in [-0.39, 0.29) is 11.5 Å². The Hall–Kier alpha value is -5.48. The zero-order valence-electron chi connectivity index (χ0n) is 28.6. The van der Waals surface area contributed by atoms with Gasteiger partial charge in [0.05, 0.1) is 23.7 Å². The summed E-state index contributed by atoms with van der Waals surface area (Å²) in [4.78, 5) is 4.75. The number of nitrogens with zero attached hydrogens (tertiary/aromatic N) is 2. The topological polar surface area (TPSA) is 24.9 Å². The van der Waals surface area contributed by atoms with Crippen LogP contribution < -0.4 is 14.5 Å². The Labute approximate surface area is 292 Å². The number of hydrogen-bond acceptors (Lipinski definition) is 4. The van der Waals surface area contributed by atoms with Gasteiger partial charge in [-0.25, -0.2) is 0 Å². The lowest BCUT2D eigenvalue weighted by Gasteiger charge is -2.44. The molecule has 0 saturated carbocycles. The number of fused-ring (bicyclic) bond motifs is 3. The number of rotatable bonds is 2. The Bertz CT molecular complexity index is 1880. The Morgan fingerprint density at radius 1 is 0.796 bits per heavy atom. The van der Waals surface area contributed by atoms with Gasteiger partial charge in [0.25, 0.3) is 0 Å². The second-order valence-corrected chi connectivity index (χ2v) is 13.1. The number of anilines is 3. The highest BCUT2D eigenvalue weighted by Gasteiger charge is 2.37. The maximum Gasteiger partial charge on any atom is 0.154 e. The fourth-order valence-electron chi connectivity index (χ4n) is 6.71. The average Bonchev–Trinajstić information content (AvgIpc) is 3.17. The van der Waals surface area contributed by atoms with Crippen LogP contribution in [0, 0.1) is 5.41 Å². The third-order valence-electron chi connectivity index (χ3n) is 9.42. The Morgan fingerprint density at radius 2 is 1.63 bits per heavy atom. The van der Waals surface area contributed by atoms with E-state index < -0.39 is 0 Å². The van der Waals surface area contributed by atoms with E-state index in [9.17, 15) is 0 Å². The van der Waals surface area contributed by atoms with Crippen LogP contribution in [0.4, 0.5) is 17.1 Å². The van der Waals surface area contributed by atoms with E-state index in [0.717, 1.165) is 71.6 Å². The first kappa shape index (κ1) is 33.4. The molecule has 6 rings (SSSR count). The van der Waals surface area contributed by atoms with Gasteiger partial charge in [-0.3, -0.25) is 0 Å². The molecular weight excluding hydrogens is 601 g/mol. The first-order chi connectivity index (χ1) is 23.8. The van der Waals surface area contributed by atoms with Crippen LogP contribution in [0.3, 0.4) is 0 Å². The van der Waals surface area contributed by atoms with E-state index in [4.69, 9.17) is 9.47 Å². The smallest absolute Gasteiger partial charge is 0.154 e. The quantitative estimate of drug-likeness (QED) is 0.303. The van der Waals surface area contributed by atoms with Crippen LogP contribution in [0.15, 0.2) is 177 Å². The van der Waals surface area contributed by atoms with Crippen molar-refractivity contribution in [3.05, 3.63) is 188 Å². The van der Waals surface area contributed by atoms with Gasteiger partial charge in [0.1, 0.15) is 11.5 Å². The van der Waals surface area contributed by atoms with Gasteiger partial charge in [0.15, 0.2) is 5.75 Å². The van der Waals surface area contributed by atoms with Crippen LogP contribution >= 0.6 is 0 Å². The summed E-state index contributed by atoms with van der Waals surface area (Å²) in [6.07, 6.45) is 37.6. The lowest BCUT2D eigenvalue weighted by Crippen LogP contribution is -2.46. The summed E-state index contributed by atoms with van der Waals surface area (Å²) in [7, 11) is 0. The molecule has 2 aromatic carbocycles. The molecule has 0 fully saturated rings. The minimum absolute atomic E-state index is 0.0698. The van der Waals surface area contributed by atoms with E-state index in [1.54, 1.807) is 12.3 Å². The molecule has 2 atom stereocenters. The van der Waals surface area contributed by atoms with Crippen LogP contribution in [0.1, 0.15) is 43.7 Å². The van der Waals surface area contributed by atoms with E-state index in [0.29, 0.717) is 18.1 Å². The molecule has 248 valence electrons. The summed E-state index contributed by atoms with van der Waals surface area (Å²) in [5.74, 6) is 1.81. The third-order valence-corrected chi connectivity index (χ3v) is 9.42. The van der Waals surface area contributed by atoms with Gasteiger partial charge < -0.3 is 19.3 Å². The highest BCUT2D eigenvalue weighted by molar-refractivity contribution is 5.87. The summed E-state index contributed by atoms with van der Waals surface area (Å²) in [5.41, 5.74) is 7.29. The molecule has 0 aromatic heterocycles. The maximum absolute atomic E-state index is 6.82. The fraction of sp³-hybridized carbons (Fsp3) is 0.200. The molecule has 2 aromatic rings. The Balaban J connectivity index is 1.58. The summed E-state index contributed by atoms with van der Waals surface area (Å²) in [6, 6.07) is 13.1. The van der Waals surface area contributed by atoms with Gasteiger partial charge in [-0.05, 0) is 85.7 Å². The van der Waals surface area contributed by atoms with Crippen molar-refractivity contribution < 1.29 is 9.47 Å². The molecule has 0 bridgehead atoms. The van der Waals surface area contributed by atoms with Crippen molar-refractivity contribution in [2.75, 3.05) is 16.3 Å². The zero-order chi connectivity index (χ0) is 34.2. The van der Waals surface area contributed by atoms with Gasteiger partial charge in [-0.2, -0.15) is 0 Å². The van der Waals surface area contributed by atoms with E-state index >= 15 is 0 Å². The third kappa shape index (κ3) is 7.81. The van der Waals surface area contributed by atoms with Crippen molar-refractivity contribution in [2.24, 2.45) is 5.41 Å². The monoisotopic (exact) mass is 646 g/mol. The van der Waals surface area contributed by atoms with E-state index in [1.807, 2.05) is 18.2 Å². The number of benzene rings is 2. The molecule has 1 aliphatic carbocycles. The molecule has 0 spiro atoms. The summed E-state index contributed by atoms with van der Waals surface area (Å²) in [6.45, 7) is 20.2. The van der Waals surface area contributed by atoms with Crippen molar-refractivity contribution in [3.8, 4) is 5.75 Å². The van der Waals surface area contributed by atoms with Crippen molar-refractivity contribution in [2.45, 2.75) is 45.1 Å². The Kier molecular flexibility index (Phi) is 10.3. The average molecular weight is 647 g/mol. The standard InChI is InChI=1S/C45H46N2O2/c1-34-18-12-17-31-48-36(3)24-25-37(4)49-44-38(26-23-34)32-39(46-29-16-11-19-35(2)40-20-8-9-21-41(40)46)33-42(44)47-30-15-7-6-13-27-45(5)28-14-10-22-43(45)47/h6-11,13-17,19-22,24-25,28-29,31-33,43H,1-4,12,18,23,26-27,30H2,5H3/b13-6-,15-7-,19-11-,25-24-,29-16-,31-17-. The van der Waals surface area contributed by atoms with Gasteiger partial charge in [-0.15, -0.1) is 0 Å². The number of allylic oxidation sites excluding steroid dienone is 13. The summed E-state index contributed by atoms with van der Waals surface area (Å²) < 4.78 is 12.5. The second-order valence-electron chi connectivity index (χ2n) is 13.1. The van der Waals surface area contributed by atoms with Crippen molar-refractivity contribution in [3.63, 3.8) is 0 Å². The molecule has 2 unspecified atom stereocenters. The van der Waals surface area contributed by atoms with E-state index in [2.05, 4.69) is 146 Å². The maximum atomic E-state index is 6.82. The number of hydrogen-bond donors (Lipinski definition) is 0. The molecule has 0 radical (unpaired) electrons. The van der Waals surface area contributed by atoms with Gasteiger partial charge >= 0.3 is 0 Å². The summed E-state index contributed by atoms with van der Waals surface area (Å²) in [5, 5.41) is 0. The fourth-order valence-corrected chi connectivity index (χ4v) is 6.71. The normalized spacial score (nSPS) is 26.7. The highest BCUT2D eigenvalue weighted by atomic mass is 16.5. The molecule has 0 saturated heterocycles.